The fraction of sp³-hybridized carbons (Fsp3) is 0.333. The summed E-state index contributed by atoms with van der Waals surface area (Å²) in [5.41, 5.74) is 1.86. The SMILES string of the molecule is C=C(C)c1c(Cl)cccc1NS(=O)(=O)CCC. The maximum Gasteiger partial charge on any atom is 0.232 e. The van der Waals surface area contributed by atoms with Gasteiger partial charge >= 0.3 is 0 Å². The van der Waals surface area contributed by atoms with Gasteiger partial charge in [0.1, 0.15) is 0 Å². The zero-order valence-electron chi connectivity index (χ0n) is 9.96. The lowest BCUT2D eigenvalue weighted by molar-refractivity contribution is 0.600. The highest BCUT2D eigenvalue weighted by Crippen LogP contribution is 2.30. The van der Waals surface area contributed by atoms with Crippen LogP contribution >= 0.6 is 11.6 Å². The Morgan fingerprint density at radius 1 is 1.47 bits per heavy atom. The summed E-state index contributed by atoms with van der Waals surface area (Å²) in [5.74, 6) is 0.0924. The van der Waals surface area contributed by atoms with Crippen molar-refractivity contribution in [2.75, 3.05) is 10.5 Å². The van der Waals surface area contributed by atoms with Gasteiger partial charge in [-0.05, 0) is 31.1 Å². The lowest BCUT2D eigenvalue weighted by Crippen LogP contribution is -2.17. The zero-order chi connectivity index (χ0) is 13.1. The molecule has 0 aliphatic rings. The van der Waals surface area contributed by atoms with E-state index in [0.717, 1.165) is 5.57 Å². The molecule has 1 rings (SSSR count). The molecule has 0 aromatic heterocycles. The van der Waals surface area contributed by atoms with E-state index in [4.69, 9.17) is 11.6 Å². The fourth-order valence-electron chi connectivity index (χ4n) is 1.53. The van der Waals surface area contributed by atoms with Crippen LogP contribution in [0.5, 0.6) is 0 Å². The van der Waals surface area contributed by atoms with Crippen molar-refractivity contribution in [1.29, 1.82) is 0 Å². The van der Waals surface area contributed by atoms with E-state index in [1.807, 2.05) is 6.92 Å². The summed E-state index contributed by atoms with van der Waals surface area (Å²) in [6.07, 6.45) is 0.568. The van der Waals surface area contributed by atoms with E-state index in [-0.39, 0.29) is 5.75 Å². The number of anilines is 1. The molecule has 0 spiro atoms. The van der Waals surface area contributed by atoms with Crippen molar-refractivity contribution >= 4 is 32.9 Å². The van der Waals surface area contributed by atoms with Crippen LogP contribution in [0.25, 0.3) is 5.57 Å². The number of benzene rings is 1. The van der Waals surface area contributed by atoms with Crippen LogP contribution in [0, 0.1) is 0 Å². The second-order valence-electron chi connectivity index (χ2n) is 3.86. The van der Waals surface area contributed by atoms with Crippen molar-refractivity contribution in [2.24, 2.45) is 0 Å². The van der Waals surface area contributed by atoms with E-state index in [2.05, 4.69) is 11.3 Å². The van der Waals surface area contributed by atoms with Crippen LogP contribution in [-0.2, 0) is 10.0 Å². The van der Waals surface area contributed by atoms with Crippen LogP contribution in [0.1, 0.15) is 25.8 Å². The predicted octanol–water partition coefficient (Wildman–Crippen LogP) is 3.52. The van der Waals surface area contributed by atoms with Gasteiger partial charge in [-0.25, -0.2) is 8.42 Å². The Bertz CT molecular complexity index is 523. The number of hydrogen-bond donors (Lipinski definition) is 1. The molecule has 1 N–H and O–H groups in total. The standard InChI is InChI=1S/C12H16ClNO2S/c1-4-8-17(15,16)14-11-7-5-6-10(13)12(11)9(2)3/h5-7,14H,2,4,8H2,1,3H3. The molecule has 3 nitrogen and oxygen atoms in total. The van der Waals surface area contributed by atoms with Crippen molar-refractivity contribution in [3.63, 3.8) is 0 Å². The van der Waals surface area contributed by atoms with Crippen LogP contribution in [0.3, 0.4) is 0 Å². The summed E-state index contributed by atoms with van der Waals surface area (Å²) in [5, 5.41) is 0.495. The molecule has 1 aromatic carbocycles. The molecular formula is C12H16ClNO2S. The Morgan fingerprint density at radius 2 is 2.12 bits per heavy atom. The molecule has 0 saturated heterocycles. The van der Waals surface area contributed by atoms with Crippen molar-refractivity contribution in [3.05, 3.63) is 35.4 Å². The van der Waals surface area contributed by atoms with Crippen molar-refractivity contribution in [1.82, 2.24) is 0 Å². The Kier molecular flexibility index (Phi) is 4.60. The third-order valence-corrected chi connectivity index (χ3v) is 3.97. The number of hydrogen-bond acceptors (Lipinski definition) is 2. The van der Waals surface area contributed by atoms with Crippen molar-refractivity contribution < 1.29 is 8.42 Å². The molecule has 0 heterocycles. The van der Waals surface area contributed by atoms with Gasteiger partial charge in [-0.15, -0.1) is 0 Å². The van der Waals surface area contributed by atoms with Gasteiger partial charge in [0.05, 0.1) is 16.5 Å². The molecule has 1 aromatic rings. The first kappa shape index (κ1) is 14.1. The van der Waals surface area contributed by atoms with Crippen molar-refractivity contribution in [2.45, 2.75) is 20.3 Å². The van der Waals surface area contributed by atoms with E-state index >= 15 is 0 Å². The van der Waals surface area contributed by atoms with Gasteiger partial charge in [-0.3, -0.25) is 4.72 Å². The molecule has 5 heteroatoms. The van der Waals surface area contributed by atoms with Crippen LogP contribution < -0.4 is 4.72 Å². The normalized spacial score (nSPS) is 11.2. The maximum atomic E-state index is 11.7. The van der Waals surface area contributed by atoms with Gasteiger partial charge in [0, 0.05) is 5.56 Å². The summed E-state index contributed by atoms with van der Waals surface area (Å²) in [6, 6.07) is 5.10. The molecule has 0 aliphatic carbocycles. The molecule has 0 amide bonds. The van der Waals surface area contributed by atoms with Gasteiger partial charge in [0.15, 0.2) is 0 Å². The second kappa shape index (κ2) is 5.56. The third-order valence-electron chi connectivity index (χ3n) is 2.18. The number of rotatable bonds is 5. The first-order valence-corrected chi connectivity index (χ1v) is 7.35. The zero-order valence-corrected chi connectivity index (χ0v) is 11.5. The average molecular weight is 274 g/mol. The van der Waals surface area contributed by atoms with Crippen LogP contribution in [-0.4, -0.2) is 14.2 Å². The summed E-state index contributed by atoms with van der Waals surface area (Å²) < 4.78 is 25.9. The molecule has 0 radical (unpaired) electrons. The monoisotopic (exact) mass is 273 g/mol. The Balaban J connectivity index is 3.16. The summed E-state index contributed by atoms with van der Waals surface area (Å²) >= 11 is 6.03. The summed E-state index contributed by atoms with van der Waals surface area (Å²) in [4.78, 5) is 0. The molecule has 0 aliphatic heterocycles. The van der Waals surface area contributed by atoms with Gasteiger partial charge in [-0.1, -0.05) is 31.2 Å². The highest BCUT2D eigenvalue weighted by Gasteiger charge is 2.14. The third kappa shape index (κ3) is 3.75. The van der Waals surface area contributed by atoms with Crippen molar-refractivity contribution in [3.8, 4) is 0 Å². The minimum Gasteiger partial charge on any atom is -0.283 e. The van der Waals surface area contributed by atoms with Gasteiger partial charge in [0.25, 0.3) is 0 Å². The number of sulfonamides is 1. The molecule has 0 bridgehead atoms. The highest BCUT2D eigenvalue weighted by atomic mass is 35.5. The lowest BCUT2D eigenvalue weighted by atomic mass is 10.1. The van der Waals surface area contributed by atoms with Crippen LogP contribution in [0.2, 0.25) is 5.02 Å². The fourth-order valence-corrected chi connectivity index (χ4v) is 3.01. The van der Waals surface area contributed by atoms with Gasteiger partial charge in [-0.2, -0.15) is 0 Å². The number of halogens is 1. The number of allylic oxidation sites excluding steroid dienone is 1. The maximum absolute atomic E-state index is 11.7. The smallest absolute Gasteiger partial charge is 0.232 e. The molecule has 94 valence electrons. The number of nitrogens with one attached hydrogen (secondary N) is 1. The minimum atomic E-state index is -3.31. The molecular weight excluding hydrogens is 258 g/mol. The Hall–Kier alpha value is -1.00. The topological polar surface area (TPSA) is 46.2 Å². The van der Waals surface area contributed by atoms with Crippen LogP contribution in [0.15, 0.2) is 24.8 Å². The first-order valence-electron chi connectivity index (χ1n) is 5.32. The van der Waals surface area contributed by atoms with Gasteiger partial charge < -0.3 is 0 Å². The molecule has 0 saturated carbocycles. The first-order chi connectivity index (χ1) is 7.87. The van der Waals surface area contributed by atoms with E-state index in [1.54, 1.807) is 25.1 Å². The summed E-state index contributed by atoms with van der Waals surface area (Å²) in [7, 11) is -3.31. The van der Waals surface area contributed by atoms with E-state index in [1.165, 1.54) is 0 Å². The molecule has 0 unspecified atom stereocenters. The quantitative estimate of drug-likeness (QED) is 0.892. The van der Waals surface area contributed by atoms with E-state index in [9.17, 15) is 8.42 Å². The largest absolute Gasteiger partial charge is 0.283 e. The van der Waals surface area contributed by atoms with Crippen LogP contribution in [0.4, 0.5) is 5.69 Å². The van der Waals surface area contributed by atoms with Gasteiger partial charge in [0.2, 0.25) is 10.0 Å². The lowest BCUT2D eigenvalue weighted by Gasteiger charge is -2.13. The molecule has 17 heavy (non-hydrogen) atoms. The molecule has 0 atom stereocenters. The average Bonchev–Trinajstić information content (AvgIpc) is 2.15. The Morgan fingerprint density at radius 3 is 2.65 bits per heavy atom. The summed E-state index contributed by atoms with van der Waals surface area (Å²) in [6.45, 7) is 7.41. The minimum absolute atomic E-state index is 0.0924. The Labute approximate surface area is 108 Å². The molecule has 0 fully saturated rings. The predicted molar refractivity (Wildman–Crippen MR) is 73.9 cm³/mol. The van der Waals surface area contributed by atoms with E-state index < -0.39 is 10.0 Å². The van der Waals surface area contributed by atoms with E-state index in [0.29, 0.717) is 22.7 Å². The second-order valence-corrected chi connectivity index (χ2v) is 6.11. The highest BCUT2D eigenvalue weighted by molar-refractivity contribution is 7.92.